The van der Waals surface area contributed by atoms with Crippen molar-refractivity contribution in [2.24, 2.45) is 5.41 Å². The summed E-state index contributed by atoms with van der Waals surface area (Å²) < 4.78 is 6.24. The lowest BCUT2D eigenvalue weighted by Gasteiger charge is -2.32. The molecule has 0 bridgehead atoms. The van der Waals surface area contributed by atoms with Crippen molar-refractivity contribution in [3.8, 4) is 0 Å². The molecule has 304 valence electrons. The number of hydrogen-bond donors (Lipinski definition) is 0. The molecule has 0 unspecified atom stereocenters. The smallest absolute Gasteiger partial charge is 0.312 e. The number of unbranched alkanes of at least 4 members (excludes halogenated alkanes) is 32. The lowest BCUT2D eigenvalue weighted by atomic mass is 9.74. The number of rotatable bonds is 45. The van der Waals surface area contributed by atoms with Gasteiger partial charge in [0.1, 0.15) is 0 Å². The molecule has 0 aliphatic heterocycles. The van der Waals surface area contributed by atoms with Crippen molar-refractivity contribution in [3.05, 3.63) is 50.6 Å². The lowest BCUT2D eigenvalue weighted by molar-refractivity contribution is -0.158. The fourth-order valence-electron chi connectivity index (χ4n) is 7.89. The van der Waals surface area contributed by atoms with Gasteiger partial charge in [-0.3, -0.25) is 4.79 Å². The monoisotopic (exact) mass is 725 g/mol. The van der Waals surface area contributed by atoms with Crippen molar-refractivity contribution in [2.45, 2.75) is 250 Å². The normalized spacial score (nSPS) is 11.5. The fourth-order valence-corrected chi connectivity index (χ4v) is 7.89. The van der Waals surface area contributed by atoms with Crippen LogP contribution in [0.1, 0.15) is 250 Å². The third kappa shape index (κ3) is 34.2. The van der Waals surface area contributed by atoms with Crippen LogP contribution in [0, 0.1) is 5.41 Å². The first kappa shape index (κ1) is 50.4. The van der Waals surface area contributed by atoms with Gasteiger partial charge >= 0.3 is 5.97 Å². The summed E-state index contributed by atoms with van der Waals surface area (Å²) in [5, 5.41) is 0. The maximum Gasteiger partial charge on any atom is 0.312 e. The number of carbonyl (C=O) groups is 1. The molecule has 0 saturated heterocycles. The van der Waals surface area contributed by atoms with Crippen molar-refractivity contribution >= 4 is 5.97 Å². The maximum atomic E-state index is 14.1. The van der Waals surface area contributed by atoms with Gasteiger partial charge < -0.3 is 4.74 Å². The summed E-state index contributed by atoms with van der Waals surface area (Å²) >= 11 is 0. The van der Waals surface area contributed by atoms with Gasteiger partial charge in [-0.2, -0.15) is 0 Å². The predicted octanol–water partition coefficient (Wildman–Crippen LogP) is 17.5. The molecular formula is C50H92O2. The number of carbonyl (C=O) groups excluding carboxylic acids is 1. The van der Waals surface area contributed by atoms with Gasteiger partial charge in [0.05, 0.1) is 12.0 Å². The molecule has 0 aromatic carbocycles. The Morgan fingerprint density at radius 3 is 0.788 bits per heavy atom. The van der Waals surface area contributed by atoms with E-state index in [-0.39, 0.29) is 11.4 Å². The average molecular weight is 725 g/mol. The lowest BCUT2D eigenvalue weighted by Crippen LogP contribution is -2.34. The molecule has 0 aliphatic carbocycles. The van der Waals surface area contributed by atoms with Crippen LogP contribution in [-0.4, -0.2) is 12.6 Å². The van der Waals surface area contributed by atoms with Gasteiger partial charge in [0.2, 0.25) is 0 Å². The Morgan fingerprint density at radius 1 is 0.327 bits per heavy atom. The zero-order chi connectivity index (χ0) is 37.9. The molecule has 2 nitrogen and oxygen atoms in total. The summed E-state index contributed by atoms with van der Waals surface area (Å²) in [4.78, 5) is 14.1. The van der Waals surface area contributed by atoms with Crippen LogP contribution in [0.5, 0.6) is 0 Å². The Morgan fingerprint density at radius 2 is 0.538 bits per heavy atom. The minimum atomic E-state index is -0.272. The molecule has 2 heteroatoms. The van der Waals surface area contributed by atoms with E-state index >= 15 is 0 Å². The molecule has 0 radical (unpaired) electrons. The molecule has 0 heterocycles. The van der Waals surface area contributed by atoms with Gasteiger partial charge in [-0.05, 0) is 77.0 Å². The Balaban J connectivity index is 5.07. The van der Waals surface area contributed by atoms with E-state index in [0.717, 1.165) is 51.4 Å². The Labute approximate surface area is 327 Å². The highest BCUT2D eigenvalue weighted by molar-refractivity contribution is 5.76. The second-order valence-electron chi connectivity index (χ2n) is 16.3. The maximum absolute atomic E-state index is 14.1. The van der Waals surface area contributed by atoms with Crippen molar-refractivity contribution in [3.63, 3.8) is 0 Å². The van der Waals surface area contributed by atoms with E-state index in [1.807, 2.05) is 24.3 Å². The molecule has 0 aromatic rings. The number of allylic oxidation sites excluding steroid dienone is 4. The summed E-state index contributed by atoms with van der Waals surface area (Å²) in [6, 6.07) is 0. The molecule has 0 aliphatic rings. The Kier molecular flexibility index (Phi) is 40.9. The van der Waals surface area contributed by atoms with Gasteiger partial charge in [-0.25, -0.2) is 0 Å². The highest BCUT2D eigenvalue weighted by Gasteiger charge is 2.38. The minimum absolute atomic E-state index is 0.154. The van der Waals surface area contributed by atoms with E-state index in [9.17, 15) is 4.79 Å². The zero-order valence-corrected chi connectivity index (χ0v) is 35.2. The summed E-state index contributed by atoms with van der Waals surface area (Å²) in [6.45, 7) is 16.0. The van der Waals surface area contributed by atoms with Gasteiger partial charge in [0.25, 0.3) is 0 Å². The van der Waals surface area contributed by atoms with E-state index < -0.39 is 0 Å². The summed E-state index contributed by atoms with van der Waals surface area (Å²) in [5.41, 5.74) is -0.272. The minimum Gasteiger partial charge on any atom is -0.465 e. The van der Waals surface area contributed by atoms with Crippen LogP contribution in [0.25, 0.3) is 0 Å². The zero-order valence-electron chi connectivity index (χ0n) is 35.2. The van der Waals surface area contributed by atoms with Gasteiger partial charge in [0, 0.05) is 0 Å². The van der Waals surface area contributed by atoms with E-state index in [1.165, 1.54) is 199 Å². The first-order valence-electron chi connectivity index (χ1n) is 23.3. The first-order valence-corrected chi connectivity index (χ1v) is 23.3. The van der Waals surface area contributed by atoms with Crippen LogP contribution in [0.15, 0.2) is 50.6 Å². The van der Waals surface area contributed by atoms with E-state index in [4.69, 9.17) is 4.74 Å². The molecule has 0 aromatic heterocycles. The molecule has 0 saturated carbocycles. The van der Waals surface area contributed by atoms with Crippen LogP contribution in [0.2, 0.25) is 0 Å². The predicted molar refractivity (Wildman–Crippen MR) is 234 cm³/mol. The summed E-state index contributed by atoms with van der Waals surface area (Å²) in [7, 11) is 0. The highest BCUT2D eigenvalue weighted by Crippen LogP contribution is 2.39. The fraction of sp³-hybridized carbons (Fsp3) is 0.820. The molecule has 0 amide bonds. The third-order valence-electron chi connectivity index (χ3n) is 11.4. The van der Waals surface area contributed by atoms with Gasteiger partial charge in [-0.15, -0.1) is 26.3 Å². The summed E-state index contributed by atoms with van der Waals surface area (Å²) in [6.07, 6.45) is 57.1. The summed E-state index contributed by atoms with van der Waals surface area (Å²) in [5.74, 6) is 0.154. The molecule has 0 spiro atoms. The molecule has 52 heavy (non-hydrogen) atoms. The van der Waals surface area contributed by atoms with E-state index in [0.29, 0.717) is 6.61 Å². The topological polar surface area (TPSA) is 26.3 Å². The Hall–Kier alpha value is -1.57. The van der Waals surface area contributed by atoms with Crippen LogP contribution in [0.4, 0.5) is 0 Å². The molecule has 0 rings (SSSR count). The molecule has 0 N–H and O–H groups in total. The molecule has 0 atom stereocenters. The van der Waals surface area contributed by atoms with Gasteiger partial charge in [0.15, 0.2) is 0 Å². The number of ether oxygens (including phenoxy) is 1. The van der Waals surface area contributed by atoms with E-state index in [1.54, 1.807) is 0 Å². The first-order chi connectivity index (χ1) is 25.7. The second kappa shape index (κ2) is 42.2. The third-order valence-corrected chi connectivity index (χ3v) is 11.4. The quantitative estimate of drug-likeness (QED) is 0.0355. The second-order valence-corrected chi connectivity index (χ2v) is 16.3. The van der Waals surface area contributed by atoms with Crippen molar-refractivity contribution in [1.29, 1.82) is 0 Å². The van der Waals surface area contributed by atoms with Crippen LogP contribution < -0.4 is 0 Å². The van der Waals surface area contributed by atoms with Gasteiger partial charge in [-0.1, -0.05) is 198 Å². The van der Waals surface area contributed by atoms with Crippen molar-refractivity contribution < 1.29 is 9.53 Å². The van der Waals surface area contributed by atoms with Crippen LogP contribution in [0.3, 0.4) is 0 Å². The van der Waals surface area contributed by atoms with Crippen LogP contribution >= 0.6 is 0 Å². The SMILES string of the molecule is C=CCCCCCCCCCCOC(=O)C(CCCCCCCCCCC=C)(CCCCCCCCCCC=C)CCCCCCCCCCC=C. The molecule has 0 fully saturated rings. The standard InChI is InChI=1S/C50H92O2/c1-5-9-13-17-21-25-29-33-37-41-45-50(46-42-38-34-30-26-22-18-14-10-6-2,47-43-39-35-31-27-23-19-15-11-7-3)49(51)52-48-44-40-36-32-28-24-20-16-12-8-4/h5-8H,1-4,9-48H2. The molecular weight excluding hydrogens is 633 g/mol. The highest BCUT2D eigenvalue weighted by atomic mass is 16.5. The largest absolute Gasteiger partial charge is 0.465 e. The van der Waals surface area contributed by atoms with Crippen molar-refractivity contribution in [1.82, 2.24) is 0 Å². The average Bonchev–Trinajstić information content (AvgIpc) is 3.15. The number of esters is 1. The van der Waals surface area contributed by atoms with Crippen molar-refractivity contribution in [2.75, 3.05) is 6.61 Å². The number of hydrogen-bond acceptors (Lipinski definition) is 2. The van der Waals surface area contributed by atoms with Crippen LogP contribution in [-0.2, 0) is 9.53 Å². The van der Waals surface area contributed by atoms with E-state index in [2.05, 4.69) is 26.3 Å². The Bertz CT molecular complexity index is 712.